The van der Waals surface area contributed by atoms with Gasteiger partial charge in [-0.25, -0.2) is 10.2 Å². The highest BCUT2D eigenvalue weighted by Gasteiger charge is 2.11. The van der Waals surface area contributed by atoms with E-state index in [0.29, 0.717) is 10.6 Å². The number of thiophene rings is 1. The number of halogens is 1. The van der Waals surface area contributed by atoms with Gasteiger partial charge in [-0.05, 0) is 35.2 Å². The predicted octanol–water partition coefficient (Wildman–Crippen LogP) is 2.78. The lowest BCUT2D eigenvalue weighted by Gasteiger charge is -2.03. The molecule has 94 valence electrons. The van der Waals surface area contributed by atoms with Crippen LogP contribution < -0.4 is 11.3 Å². The molecule has 0 aliphatic carbocycles. The van der Waals surface area contributed by atoms with Gasteiger partial charge in [0.1, 0.15) is 5.82 Å². The number of rotatable bonds is 4. The van der Waals surface area contributed by atoms with E-state index in [0.717, 1.165) is 10.5 Å². The van der Waals surface area contributed by atoms with Gasteiger partial charge in [0.25, 0.3) is 5.91 Å². The van der Waals surface area contributed by atoms with Crippen molar-refractivity contribution in [3.05, 3.63) is 52.0 Å². The Morgan fingerprint density at radius 2 is 2.28 bits per heavy atom. The molecule has 0 radical (unpaired) electrons. The summed E-state index contributed by atoms with van der Waals surface area (Å²) in [7, 11) is 0. The molecule has 1 heterocycles. The first-order valence-corrected chi connectivity index (χ1v) is 7.03. The third kappa shape index (κ3) is 3.10. The maximum absolute atomic E-state index is 13.0. The lowest BCUT2D eigenvalue weighted by Crippen LogP contribution is -2.29. The van der Waals surface area contributed by atoms with Gasteiger partial charge in [0.2, 0.25) is 0 Å². The average Bonchev–Trinajstić information content (AvgIpc) is 2.84. The molecule has 6 heteroatoms. The first kappa shape index (κ1) is 13.1. The summed E-state index contributed by atoms with van der Waals surface area (Å²) in [4.78, 5) is 12.9. The molecule has 3 N–H and O–H groups in total. The van der Waals surface area contributed by atoms with E-state index in [2.05, 4.69) is 5.43 Å². The molecule has 0 bridgehead atoms. The molecular weight excluding hydrogens is 271 g/mol. The van der Waals surface area contributed by atoms with Crippen LogP contribution in [-0.4, -0.2) is 5.91 Å². The molecule has 0 unspecified atom stereocenters. The zero-order chi connectivity index (χ0) is 13.0. The van der Waals surface area contributed by atoms with Crippen LogP contribution >= 0.6 is 23.1 Å². The van der Waals surface area contributed by atoms with Gasteiger partial charge in [-0.3, -0.25) is 10.2 Å². The quantitative estimate of drug-likeness (QED) is 0.392. The summed E-state index contributed by atoms with van der Waals surface area (Å²) in [6, 6.07) is 8.25. The van der Waals surface area contributed by atoms with Gasteiger partial charge in [0.05, 0.1) is 4.88 Å². The van der Waals surface area contributed by atoms with Crippen molar-refractivity contribution in [2.75, 3.05) is 0 Å². The molecule has 18 heavy (non-hydrogen) atoms. The molecule has 0 aliphatic heterocycles. The molecule has 2 rings (SSSR count). The number of benzene rings is 1. The third-order valence-corrected chi connectivity index (χ3v) is 4.27. The zero-order valence-corrected chi connectivity index (χ0v) is 11.0. The second kappa shape index (κ2) is 5.99. The molecule has 2 aromatic rings. The van der Waals surface area contributed by atoms with E-state index in [4.69, 9.17) is 5.84 Å². The molecule has 0 aliphatic rings. The lowest BCUT2D eigenvalue weighted by molar-refractivity contribution is 0.0957. The van der Waals surface area contributed by atoms with Crippen molar-refractivity contribution in [2.24, 2.45) is 5.84 Å². The number of hydrogen-bond acceptors (Lipinski definition) is 4. The fourth-order valence-corrected chi connectivity index (χ4v) is 3.28. The van der Waals surface area contributed by atoms with E-state index in [9.17, 15) is 9.18 Å². The third-order valence-electron chi connectivity index (χ3n) is 2.27. The van der Waals surface area contributed by atoms with Crippen molar-refractivity contribution >= 4 is 29.0 Å². The van der Waals surface area contributed by atoms with E-state index in [1.54, 1.807) is 6.07 Å². The molecule has 0 spiro atoms. The highest BCUT2D eigenvalue weighted by molar-refractivity contribution is 7.98. The molecular formula is C12H11FN2OS2. The maximum atomic E-state index is 13.0. The topological polar surface area (TPSA) is 55.1 Å². The van der Waals surface area contributed by atoms with Gasteiger partial charge in [-0.1, -0.05) is 6.07 Å². The second-order valence-corrected chi connectivity index (χ2v) is 5.46. The number of carbonyl (C=O) groups excluding carboxylic acids is 1. The van der Waals surface area contributed by atoms with Crippen molar-refractivity contribution in [1.29, 1.82) is 0 Å². The fourth-order valence-electron chi connectivity index (χ4n) is 1.43. The predicted molar refractivity (Wildman–Crippen MR) is 71.9 cm³/mol. The first-order chi connectivity index (χ1) is 8.70. The van der Waals surface area contributed by atoms with Gasteiger partial charge in [0, 0.05) is 10.6 Å². The summed E-state index contributed by atoms with van der Waals surface area (Å²) >= 11 is 2.82. The minimum atomic E-state index is -0.292. The summed E-state index contributed by atoms with van der Waals surface area (Å²) in [5, 5.41) is 1.84. The van der Waals surface area contributed by atoms with E-state index < -0.39 is 0 Å². The highest BCUT2D eigenvalue weighted by Crippen LogP contribution is 2.27. The largest absolute Gasteiger partial charge is 0.289 e. The number of amides is 1. The van der Waals surface area contributed by atoms with E-state index in [1.165, 1.54) is 35.2 Å². The smallest absolute Gasteiger partial charge is 0.275 e. The summed E-state index contributed by atoms with van der Waals surface area (Å²) in [6.45, 7) is 0. The number of nitrogens with one attached hydrogen (secondary N) is 1. The van der Waals surface area contributed by atoms with Gasteiger partial charge in [0.15, 0.2) is 0 Å². The number of thioether (sulfide) groups is 1. The second-order valence-electron chi connectivity index (χ2n) is 3.49. The van der Waals surface area contributed by atoms with Crippen LogP contribution in [0.2, 0.25) is 0 Å². The van der Waals surface area contributed by atoms with Crippen LogP contribution in [0, 0.1) is 5.82 Å². The molecule has 3 nitrogen and oxygen atoms in total. The van der Waals surface area contributed by atoms with Crippen LogP contribution in [0.4, 0.5) is 4.39 Å². The van der Waals surface area contributed by atoms with Crippen molar-refractivity contribution in [2.45, 2.75) is 10.6 Å². The Morgan fingerprint density at radius 3 is 3.00 bits per heavy atom. The van der Waals surface area contributed by atoms with Crippen LogP contribution in [0.15, 0.2) is 40.6 Å². The van der Waals surface area contributed by atoms with Crippen molar-refractivity contribution in [3.8, 4) is 0 Å². The minimum absolute atomic E-state index is 0.259. The van der Waals surface area contributed by atoms with Gasteiger partial charge in [-0.2, -0.15) is 0 Å². The summed E-state index contributed by atoms with van der Waals surface area (Å²) in [6.07, 6.45) is 0. The van der Waals surface area contributed by atoms with Crippen LogP contribution in [0.5, 0.6) is 0 Å². The molecule has 1 aromatic heterocycles. The highest BCUT2D eigenvalue weighted by atomic mass is 32.2. The summed E-state index contributed by atoms with van der Waals surface area (Å²) < 4.78 is 13.0. The number of nitrogens with two attached hydrogens (primary N) is 1. The van der Waals surface area contributed by atoms with E-state index in [1.807, 2.05) is 17.5 Å². The molecule has 1 aromatic carbocycles. The first-order valence-electron chi connectivity index (χ1n) is 5.16. The lowest BCUT2D eigenvalue weighted by atomic mass is 10.3. The zero-order valence-electron chi connectivity index (χ0n) is 9.35. The van der Waals surface area contributed by atoms with Crippen LogP contribution in [0.1, 0.15) is 15.2 Å². The summed E-state index contributed by atoms with van der Waals surface area (Å²) in [5.41, 5.74) is 3.02. The maximum Gasteiger partial charge on any atom is 0.275 e. The Kier molecular flexibility index (Phi) is 4.35. The Labute approximate surface area is 112 Å². The standard InChI is InChI=1S/C12H11FN2OS2/c13-9-2-1-3-10(6-9)18-7-8-4-5-17-11(8)12(16)15-14/h1-6H,7,14H2,(H,15,16). The molecule has 1 amide bonds. The Hall–Kier alpha value is -1.37. The molecule has 0 saturated heterocycles. The Balaban J connectivity index is 2.07. The van der Waals surface area contributed by atoms with Crippen LogP contribution in [0.25, 0.3) is 0 Å². The Bertz CT molecular complexity index is 557. The van der Waals surface area contributed by atoms with Crippen molar-refractivity contribution in [1.82, 2.24) is 5.43 Å². The van der Waals surface area contributed by atoms with Gasteiger partial charge in [-0.15, -0.1) is 23.1 Å². The number of nitrogen functional groups attached to an aromatic ring is 1. The molecule has 0 saturated carbocycles. The normalized spacial score (nSPS) is 10.3. The van der Waals surface area contributed by atoms with Crippen molar-refractivity contribution < 1.29 is 9.18 Å². The average molecular weight is 282 g/mol. The number of hydrogen-bond donors (Lipinski definition) is 2. The summed E-state index contributed by atoms with van der Waals surface area (Å²) in [5.74, 6) is 5.17. The van der Waals surface area contributed by atoms with Gasteiger partial charge >= 0.3 is 0 Å². The van der Waals surface area contributed by atoms with Gasteiger partial charge < -0.3 is 0 Å². The molecule has 0 fully saturated rings. The van der Waals surface area contributed by atoms with Crippen LogP contribution in [-0.2, 0) is 5.75 Å². The SMILES string of the molecule is NNC(=O)c1sccc1CSc1cccc(F)c1. The van der Waals surface area contributed by atoms with Crippen LogP contribution in [0.3, 0.4) is 0 Å². The minimum Gasteiger partial charge on any atom is -0.289 e. The Morgan fingerprint density at radius 1 is 1.44 bits per heavy atom. The fraction of sp³-hybridized carbons (Fsp3) is 0.0833. The molecule has 0 atom stereocenters. The monoisotopic (exact) mass is 282 g/mol. The van der Waals surface area contributed by atoms with E-state index in [-0.39, 0.29) is 11.7 Å². The number of carbonyl (C=O) groups is 1. The van der Waals surface area contributed by atoms with Crippen molar-refractivity contribution in [3.63, 3.8) is 0 Å². The van der Waals surface area contributed by atoms with E-state index >= 15 is 0 Å². The number of hydrazine groups is 1.